The first-order chi connectivity index (χ1) is 11.7. The zero-order valence-electron chi connectivity index (χ0n) is 13.4. The number of nitrogens with zero attached hydrogens (tertiary/aromatic N) is 2. The Hall–Kier alpha value is -2.35. The van der Waals surface area contributed by atoms with Crippen LogP contribution >= 0.6 is 0 Å². The lowest BCUT2D eigenvalue weighted by atomic mass is 9.90. The quantitative estimate of drug-likeness (QED) is 0.820. The van der Waals surface area contributed by atoms with Gasteiger partial charge in [0.25, 0.3) is 0 Å². The summed E-state index contributed by atoms with van der Waals surface area (Å²) >= 11 is 0. The van der Waals surface area contributed by atoms with Crippen LogP contribution in [0.1, 0.15) is 42.6 Å². The monoisotopic (exact) mass is 351 g/mol. The average molecular weight is 351 g/mol. The molecule has 4 rings (SSSR count). The number of hydrogen-bond donors (Lipinski definition) is 2. The molecule has 1 aliphatic carbocycles. The molecule has 1 unspecified atom stereocenters. The largest absolute Gasteiger partial charge is 0.507 e. The molecule has 1 aromatic carbocycles. The van der Waals surface area contributed by atoms with Crippen LogP contribution in [0, 0.1) is 0 Å². The van der Waals surface area contributed by atoms with Crippen LogP contribution in [0.15, 0.2) is 18.2 Å². The minimum atomic E-state index is -4.53. The summed E-state index contributed by atoms with van der Waals surface area (Å²) in [6, 6.07) is 2.85. The molecule has 5 nitrogen and oxygen atoms in total. The van der Waals surface area contributed by atoms with Crippen molar-refractivity contribution in [2.75, 3.05) is 5.73 Å². The van der Waals surface area contributed by atoms with Gasteiger partial charge in [-0.15, -0.1) is 10.2 Å². The van der Waals surface area contributed by atoms with Crippen molar-refractivity contribution < 1.29 is 23.0 Å². The number of phenolic OH excluding ortho intramolecular Hbond substituents is 1. The Balaban J connectivity index is 1.86. The van der Waals surface area contributed by atoms with Crippen molar-refractivity contribution in [2.24, 2.45) is 0 Å². The first kappa shape index (κ1) is 16.1. The van der Waals surface area contributed by atoms with E-state index in [-0.39, 0.29) is 23.1 Å². The number of aromatic hydroxyl groups is 1. The van der Waals surface area contributed by atoms with Crippen molar-refractivity contribution in [1.29, 1.82) is 0 Å². The van der Waals surface area contributed by atoms with E-state index in [1.807, 2.05) is 6.92 Å². The van der Waals surface area contributed by atoms with E-state index in [0.717, 1.165) is 24.5 Å². The number of rotatable bonds is 1. The molecule has 132 valence electrons. The standard InChI is InChI=1S/C17H16F3N3O2/c1-8-13-11(7-16(25-8)4-5-16)14(22-23-15(13)21)10-3-2-9(6-12(10)24)17(18,19)20/h2-3,6,8,24H,4-5,7H2,1H3,(H2,21,23). The lowest BCUT2D eigenvalue weighted by Crippen LogP contribution is -2.28. The lowest BCUT2D eigenvalue weighted by molar-refractivity contribution is -0.137. The lowest BCUT2D eigenvalue weighted by Gasteiger charge is -2.32. The number of nitrogens with two attached hydrogens (primary N) is 1. The Bertz CT molecular complexity index is 863. The third-order valence-corrected chi connectivity index (χ3v) is 4.86. The number of halogens is 3. The van der Waals surface area contributed by atoms with Crippen LogP contribution in [0.5, 0.6) is 5.75 Å². The third kappa shape index (κ3) is 2.60. The Kier molecular flexibility index (Phi) is 3.28. The van der Waals surface area contributed by atoms with Crippen molar-refractivity contribution in [2.45, 2.75) is 44.1 Å². The van der Waals surface area contributed by atoms with E-state index in [4.69, 9.17) is 10.5 Å². The van der Waals surface area contributed by atoms with Gasteiger partial charge in [-0.1, -0.05) is 0 Å². The molecule has 2 heterocycles. The number of benzene rings is 1. The zero-order valence-corrected chi connectivity index (χ0v) is 13.4. The number of alkyl halides is 3. The molecule has 1 fully saturated rings. The molecule has 1 spiro atoms. The van der Waals surface area contributed by atoms with Crippen molar-refractivity contribution in [3.05, 3.63) is 34.9 Å². The molecule has 2 aromatic rings. The number of aromatic nitrogens is 2. The van der Waals surface area contributed by atoms with Crippen molar-refractivity contribution in [1.82, 2.24) is 10.2 Å². The van der Waals surface area contributed by atoms with Crippen LogP contribution in [-0.2, 0) is 17.3 Å². The van der Waals surface area contributed by atoms with E-state index >= 15 is 0 Å². The highest BCUT2D eigenvalue weighted by Crippen LogP contribution is 2.52. The Morgan fingerprint density at radius 3 is 2.60 bits per heavy atom. The summed E-state index contributed by atoms with van der Waals surface area (Å²) in [6.45, 7) is 1.87. The molecule has 0 saturated heterocycles. The molecule has 1 saturated carbocycles. The Morgan fingerprint density at radius 2 is 2.00 bits per heavy atom. The molecule has 2 aliphatic rings. The molecule has 1 aromatic heterocycles. The van der Waals surface area contributed by atoms with E-state index in [2.05, 4.69) is 10.2 Å². The van der Waals surface area contributed by atoms with Crippen LogP contribution in [0.3, 0.4) is 0 Å². The predicted octanol–water partition coefficient (Wildman–Crippen LogP) is 3.62. The van der Waals surface area contributed by atoms with E-state index in [1.165, 1.54) is 6.07 Å². The first-order valence-corrected chi connectivity index (χ1v) is 7.93. The molecule has 0 bridgehead atoms. The number of nitrogen functional groups attached to an aromatic ring is 1. The summed E-state index contributed by atoms with van der Waals surface area (Å²) in [5.74, 6) is -0.242. The van der Waals surface area contributed by atoms with Crippen LogP contribution in [0.4, 0.5) is 19.0 Å². The zero-order chi connectivity index (χ0) is 18.0. The van der Waals surface area contributed by atoms with Gasteiger partial charge in [-0.05, 0) is 43.5 Å². The van der Waals surface area contributed by atoms with Crippen LogP contribution in [0.2, 0.25) is 0 Å². The van der Waals surface area contributed by atoms with Crippen molar-refractivity contribution in [3.8, 4) is 17.0 Å². The fourth-order valence-electron chi connectivity index (χ4n) is 3.49. The highest BCUT2D eigenvalue weighted by atomic mass is 19.4. The van der Waals surface area contributed by atoms with E-state index < -0.39 is 17.5 Å². The maximum Gasteiger partial charge on any atom is 0.416 e. The summed E-state index contributed by atoms with van der Waals surface area (Å²) in [5.41, 5.74) is 6.83. The summed E-state index contributed by atoms with van der Waals surface area (Å²) < 4.78 is 44.5. The maximum absolute atomic E-state index is 12.8. The van der Waals surface area contributed by atoms with Crippen LogP contribution < -0.4 is 5.73 Å². The van der Waals surface area contributed by atoms with Gasteiger partial charge in [0.05, 0.1) is 17.3 Å². The van der Waals surface area contributed by atoms with Gasteiger partial charge in [-0.3, -0.25) is 0 Å². The fraction of sp³-hybridized carbons (Fsp3) is 0.412. The molecule has 8 heteroatoms. The van der Waals surface area contributed by atoms with Crippen molar-refractivity contribution >= 4 is 5.82 Å². The van der Waals surface area contributed by atoms with Gasteiger partial charge in [0.1, 0.15) is 11.4 Å². The fourth-order valence-corrected chi connectivity index (χ4v) is 3.49. The molecule has 25 heavy (non-hydrogen) atoms. The highest BCUT2D eigenvalue weighted by Gasteiger charge is 2.50. The minimum Gasteiger partial charge on any atom is -0.507 e. The van der Waals surface area contributed by atoms with Gasteiger partial charge in [0.15, 0.2) is 5.82 Å². The summed E-state index contributed by atoms with van der Waals surface area (Å²) in [6.07, 6.45) is -2.42. The molecule has 3 N–H and O–H groups in total. The van der Waals surface area contributed by atoms with Crippen molar-refractivity contribution in [3.63, 3.8) is 0 Å². The van der Waals surface area contributed by atoms with E-state index in [9.17, 15) is 18.3 Å². The SMILES string of the molecule is CC1OC2(CC2)Cc2c(-c3ccc(C(F)(F)F)cc3O)nnc(N)c21. The molecule has 1 atom stereocenters. The number of fused-ring (bicyclic) bond motifs is 1. The van der Waals surface area contributed by atoms with Gasteiger partial charge in [-0.2, -0.15) is 13.2 Å². The normalized spacial score (nSPS) is 21.2. The minimum absolute atomic E-state index is 0.210. The van der Waals surface area contributed by atoms with E-state index in [1.54, 1.807) is 0 Å². The average Bonchev–Trinajstić information content (AvgIpc) is 3.25. The van der Waals surface area contributed by atoms with Gasteiger partial charge < -0.3 is 15.6 Å². The number of phenols is 1. The van der Waals surface area contributed by atoms with Gasteiger partial charge in [0, 0.05) is 17.5 Å². The van der Waals surface area contributed by atoms with E-state index in [0.29, 0.717) is 23.7 Å². The second-order valence-corrected chi connectivity index (χ2v) is 6.68. The predicted molar refractivity (Wildman–Crippen MR) is 83.7 cm³/mol. The summed E-state index contributed by atoms with van der Waals surface area (Å²) in [7, 11) is 0. The highest BCUT2D eigenvalue weighted by molar-refractivity contribution is 5.73. The van der Waals surface area contributed by atoms with Gasteiger partial charge in [-0.25, -0.2) is 0 Å². The van der Waals surface area contributed by atoms with Crippen LogP contribution in [-0.4, -0.2) is 20.9 Å². The smallest absolute Gasteiger partial charge is 0.416 e. The van der Waals surface area contributed by atoms with Crippen LogP contribution in [0.25, 0.3) is 11.3 Å². The topological polar surface area (TPSA) is 81.3 Å². The number of hydrogen-bond acceptors (Lipinski definition) is 5. The second kappa shape index (κ2) is 5.08. The third-order valence-electron chi connectivity index (χ3n) is 4.86. The Morgan fingerprint density at radius 1 is 1.28 bits per heavy atom. The summed E-state index contributed by atoms with van der Waals surface area (Å²) in [4.78, 5) is 0. The molecular formula is C17H16F3N3O2. The van der Waals surface area contributed by atoms with Gasteiger partial charge in [0.2, 0.25) is 0 Å². The van der Waals surface area contributed by atoms with Gasteiger partial charge >= 0.3 is 6.18 Å². The molecule has 0 amide bonds. The summed E-state index contributed by atoms with van der Waals surface area (Å²) in [5, 5.41) is 18.1. The molecule has 0 radical (unpaired) electrons. The molecular weight excluding hydrogens is 335 g/mol. The second-order valence-electron chi connectivity index (χ2n) is 6.68. The first-order valence-electron chi connectivity index (χ1n) is 7.93. The number of ether oxygens (including phenoxy) is 1. The Labute approximate surface area is 141 Å². The maximum atomic E-state index is 12.8. The number of anilines is 1. The molecule has 1 aliphatic heterocycles.